The van der Waals surface area contributed by atoms with Crippen molar-refractivity contribution in [2.75, 3.05) is 0 Å². The first-order chi connectivity index (χ1) is 16.2. The number of ketones is 1. The summed E-state index contributed by atoms with van der Waals surface area (Å²) in [4.78, 5) is 26.2. The van der Waals surface area contributed by atoms with E-state index in [1.165, 1.54) is 5.57 Å². The number of rotatable bonds is 4. The van der Waals surface area contributed by atoms with Gasteiger partial charge in [0.2, 0.25) is 0 Å². The number of allylic oxidation sites excluding steroid dienone is 1. The van der Waals surface area contributed by atoms with Crippen LogP contribution in [0.5, 0.6) is 0 Å². The topological polar surface area (TPSA) is 43.4 Å². The monoisotopic (exact) mass is 466 g/mol. The summed E-state index contributed by atoms with van der Waals surface area (Å²) < 4.78 is 6.40. The van der Waals surface area contributed by atoms with Crippen LogP contribution >= 0.6 is 0 Å². The summed E-state index contributed by atoms with van der Waals surface area (Å²) in [6.07, 6.45) is 8.43. The van der Waals surface area contributed by atoms with E-state index in [9.17, 15) is 9.59 Å². The van der Waals surface area contributed by atoms with Gasteiger partial charge in [-0.2, -0.15) is 5.82 Å². The van der Waals surface area contributed by atoms with E-state index >= 15 is 0 Å². The van der Waals surface area contributed by atoms with E-state index in [0.717, 1.165) is 56.8 Å². The van der Waals surface area contributed by atoms with E-state index in [1.807, 2.05) is 14.8 Å². The van der Waals surface area contributed by atoms with Crippen LogP contribution in [0.2, 0.25) is 15.7 Å². The highest BCUT2D eigenvalue weighted by atomic mass is 16.6. The van der Waals surface area contributed by atoms with Crippen molar-refractivity contribution in [1.82, 2.24) is 0 Å². The number of esters is 1. The lowest BCUT2D eigenvalue weighted by Gasteiger charge is -2.65. The molecule has 0 amide bonds. The molecule has 0 aliphatic heterocycles. The lowest BCUT2D eigenvalue weighted by Crippen LogP contribution is -2.59. The van der Waals surface area contributed by atoms with E-state index in [1.54, 1.807) is 0 Å². The first-order valence-corrected chi connectivity index (χ1v) is 14.2. The molecule has 0 bridgehead atoms. The maximum Gasteiger partial charge on any atom is 0.307 e. The van der Waals surface area contributed by atoms with Crippen molar-refractivity contribution < 1.29 is 14.3 Å². The van der Waals surface area contributed by atoms with Crippen LogP contribution in [-0.4, -0.2) is 72.3 Å². The third kappa shape index (κ3) is 3.72. The molecular weight excluding hydrogens is 424 g/mol. The Balaban J connectivity index is 1.82. The molecule has 6 atom stereocenters. The molecule has 4 aliphatic rings. The minimum Gasteiger partial charge on any atom is -0.445 e. The second-order valence-corrected chi connectivity index (χ2v) is 13.8. The number of carbonyl (C=O) groups excluding carboxylic acids is 2. The van der Waals surface area contributed by atoms with Gasteiger partial charge >= 0.3 is 5.97 Å². The maximum absolute atomic E-state index is 13.4. The second-order valence-electron chi connectivity index (χ2n) is 13.8. The second kappa shape index (κ2) is 8.73. The predicted molar refractivity (Wildman–Crippen MR) is 162 cm³/mol. The molecule has 10 heteroatoms. The standard InChI is InChI=1S/C25H41B7O3/c1-3-5-17(33)35-22(10-11-26)9-7-15-14-12-24(29,30)19-18(27)20(34)25(31,32)13-23(19,28)16(14)6-8-21(15,22)4-2/h14-16H,3-9,12-13,26-32H2,1-2H3/t14?,15?,16?,21?,22-,23?/m1/s1. The fourth-order valence-corrected chi connectivity index (χ4v) is 10.3. The van der Waals surface area contributed by atoms with E-state index < -0.39 is 5.60 Å². The minimum atomic E-state index is -0.655. The maximum atomic E-state index is 13.4. The van der Waals surface area contributed by atoms with E-state index in [-0.39, 0.29) is 27.1 Å². The zero-order valence-corrected chi connectivity index (χ0v) is 23.8. The Hall–Kier alpha value is -1.11. The van der Waals surface area contributed by atoms with Crippen LogP contribution in [-0.2, 0) is 14.3 Å². The molecule has 3 nitrogen and oxygen atoms in total. The third-order valence-electron chi connectivity index (χ3n) is 10.9. The van der Waals surface area contributed by atoms with Crippen molar-refractivity contribution in [3.63, 3.8) is 0 Å². The van der Waals surface area contributed by atoms with Crippen LogP contribution < -0.4 is 0 Å². The summed E-state index contributed by atoms with van der Waals surface area (Å²) in [5, 5.41) is -0.291. The van der Waals surface area contributed by atoms with Gasteiger partial charge in [-0.15, -0.1) is 0 Å². The Morgan fingerprint density at radius 3 is 2.31 bits per heavy atom. The molecule has 4 aliphatic carbocycles. The van der Waals surface area contributed by atoms with Gasteiger partial charge in [0, 0.05) is 11.8 Å². The molecule has 0 spiro atoms. The quantitative estimate of drug-likeness (QED) is 0.283. The first kappa shape index (κ1) is 26.9. The zero-order valence-electron chi connectivity index (χ0n) is 23.8. The number of Topliss-reactive ketones (excluding diaryl/α,β-unsaturated/α-hetero) is 1. The SMILES string of the molecule is BC#C[C@]1(OC(=O)CCC)CCC2C3CC(B)(B)C4=C(B)C(=O)C(B)(B)CC4(B)C3CCC21CC. The minimum absolute atomic E-state index is 0.0104. The summed E-state index contributed by atoms with van der Waals surface area (Å²) in [7, 11) is 15.5. The lowest BCUT2D eigenvalue weighted by atomic mass is 9.25. The van der Waals surface area contributed by atoms with Gasteiger partial charge in [-0.1, -0.05) is 43.4 Å². The molecule has 0 saturated heterocycles. The summed E-state index contributed by atoms with van der Waals surface area (Å²) in [6.45, 7) is 4.33. The third-order valence-corrected chi connectivity index (χ3v) is 10.9. The number of carbonyl (C=O) groups is 2. The van der Waals surface area contributed by atoms with Crippen LogP contribution in [0.15, 0.2) is 11.0 Å². The van der Waals surface area contributed by atoms with Gasteiger partial charge in [0.15, 0.2) is 13.4 Å². The van der Waals surface area contributed by atoms with Gasteiger partial charge in [-0.25, -0.2) is 0 Å². The van der Waals surface area contributed by atoms with Crippen LogP contribution in [0.25, 0.3) is 0 Å². The van der Waals surface area contributed by atoms with Gasteiger partial charge < -0.3 is 4.74 Å². The van der Waals surface area contributed by atoms with Gasteiger partial charge in [-0.3, -0.25) is 9.59 Å². The first-order valence-electron chi connectivity index (χ1n) is 14.2. The van der Waals surface area contributed by atoms with E-state index in [0.29, 0.717) is 30.0 Å². The zero-order chi connectivity index (χ0) is 26.0. The molecule has 0 aromatic rings. The molecular formula is C25H41B7O3. The molecule has 3 fully saturated rings. The molecule has 35 heavy (non-hydrogen) atoms. The van der Waals surface area contributed by atoms with Crippen molar-refractivity contribution in [2.24, 2.45) is 23.2 Å². The van der Waals surface area contributed by atoms with Crippen molar-refractivity contribution in [3.05, 3.63) is 11.0 Å². The van der Waals surface area contributed by atoms with Gasteiger partial charge in [0.25, 0.3) is 0 Å². The van der Waals surface area contributed by atoms with Crippen molar-refractivity contribution in [3.8, 4) is 11.7 Å². The van der Waals surface area contributed by atoms with Crippen molar-refractivity contribution in [1.29, 1.82) is 0 Å². The van der Waals surface area contributed by atoms with Gasteiger partial charge in [-0.05, 0) is 72.3 Å². The molecule has 4 rings (SSSR count). The van der Waals surface area contributed by atoms with Crippen LogP contribution in [0.4, 0.5) is 0 Å². The van der Waals surface area contributed by atoms with E-state index in [4.69, 9.17) is 4.74 Å². The Bertz CT molecular complexity index is 1030. The molecule has 0 N–H and O–H groups in total. The van der Waals surface area contributed by atoms with E-state index in [2.05, 4.69) is 65.7 Å². The molecule has 5 unspecified atom stereocenters. The largest absolute Gasteiger partial charge is 0.445 e. The van der Waals surface area contributed by atoms with Crippen LogP contribution in [0, 0.1) is 34.9 Å². The number of hydrogen-bond acceptors (Lipinski definition) is 3. The average molecular weight is 465 g/mol. The number of fused-ring (bicyclic) bond motifs is 5. The van der Waals surface area contributed by atoms with Gasteiger partial charge in [0.1, 0.15) is 52.9 Å². The van der Waals surface area contributed by atoms with Crippen molar-refractivity contribution >= 4 is 66.7 Å². The van der Waals surface area contributed by atoms with Gasteiger partial charge in [0.05, 0.1) is 0 Å². The smallest absolute Gasteiger partial charge is 0.307 e. The highest BCUT2D eigenvalue weighted by Crippen LogP contribution is 2.75. The highest BCUT2D eigenvalue weighted by molar-refractivity contribution is 6.59. The fraction of sp³-hybridized carbons (Fsp3) is 0.760. The average Bonchev–Trinajstić information content (AvgIpc) is 3.06. The molecule has 3 saturated carbocycles. The normalized spacial score (nSPS) is 41.1. The Morgan fingerprint density at radius 2 is 1.71 bits per heavy atom. The molecule has 180 valence electrons. The highest BCUT2D eigenvalue weighted by Gasteiger charge is 2.69. The predicted octanol–water partition coefficient (Wildman–Crippen LogP) is -1.68. The number of hydrogen-bond donors (Lipinski definition) is 0. The van der Waals surface area contributed by atoms with Crippen LogP contribution in [0.3, 0.4) is 0 Å². The summed E-state index contributed by atoms with van der Waals surface area (Å²) in [6, 6.07) is 0. The van der Waals surface area contributed by atoms with Crippen LogP contribution in [0.1, 0.15) is 71.6 Å². The Kier molecular flexibility index (Phi) is 6.72. The van der Waals surface area contributed by atoms with Crippen molar-refractivity contribution in [2.45, 2.75) is 93.0 Å². The summed E-state index contributed by atoms with van der Waals surface area (Å²) in [5.74, 6) is 8.56. The lowest BCUT2D eigenvalue weighted by molar-refractivity contribution is -0.173. The Morgan fingerprint density at radius 1 is 1.06 bits per heavy atom. The Labute approximate surface area is 219 Å². The number of ether oxygens (including phenoxy) is 1. The fourth-order valence-electron chi connectivity index (χ4n) is 10.3. The molecule has 0 aromatic heterocycles. The summed E-state index contributed by atoms with van der Waals surface area (Å²) >= 11 is 0. The molecule has 0 aromatic carbocycles. The molecule has 0 heterocycles. The summed E-state index contributed by atoms with van der Waals surface area (Å²) in [5.41, 5.74) is 1.73. The molecule has 0 radical (unpaired) electrons.